The first-order valence-corrected chi connectivity index (χ1v) is 9.83. The highest BCUT2D eigenvalue weighted by atomic mass is 32.1. The zero-order chi connectivity index (χ0) is 18.2. The number of benzene rings is 1. The molecule has 2 aliphatic rings. The summed E-state index contributed by atoms with van der Waals surface area (Å²) in [4.78, 5) is 17.0. The molecule has 0 radical (unpaired) electrons. The zero-order valence-electron chi connectivity index (χ0n) is 14.6. The standard InChI is InChI=1S/C19H18N4O3S/c24-18(22-14-9-20-23-6-2-1-3-15(14)23)8-13-10-27-19(21-13)12-4-5-16-17(7-12)26-11-25-16/h4-5,7,9-10H,1-3,6,8,11H2,(H,22,24). The Balaban J connectivity index is 1.28. The van der Waals surface area contributed by atoms with Crippen molar-refractivity contribution in [2.75, 3.05) is 12.1 Å². The minimum Gasteiger partial charge on any atom is -0.454 e. The summed E-state index contributed by atoms with van der Waals surface area (Å²) in [6.45, 7) is 1.18. The molecule has 4 heterocycles. The van der Waals surface area contributed by atoms with Crippen molar-refractivity contribution in [3.05, 3.63) is 41.2 Å². The van der Waals surface area contributed by atoms with E-state index in [4.69, 9.17) is 9.47 Å². The predicted molar refractivity (Wildman–Crippen MR) is 101 cm³/mol. The number of ether oxygens (including phenoxy) is 2. The van der Waals surface area contributed by atoms with Gasteiger partial charge in [-0.2, -0.15) is 5.10 Å². The highest BCUT2D eigenvalue weighted by Gasteiger charge is 2.18. The summed E-state index contributed by atoms with van der Waals surface area (Å²) >= 11 is 1.52. The van der Waals surface area contributed by atoms with Crippen molar-refractivity contribution >= 4 is 22.9 Å². The smallest absolute Gasteiger partial charge is 0.231 e. The van der Waals surface area contributed by atoms with Crippen LogP contribution in [0.1, 0.15) is 24.2 Å². The van der Waals surface area contributed by atoms with Gasteiger partial charge in [0.25, 0.3) is 0 Å². The maximum absolute atomic E-state index is 12.4. The molecule has 27 heavy (non-hydrogen) atoms. The summed E-state index contributed by atoms with van der Waals surface area (Å²) in [6, 6.07) is 5.76. The fourth-order valence-electron chi connectivity index (χ4n) is 3.43. The van der Waals surface area contributed by atoms with Crippen LogP contribution in [0.25, 0.3) is 10.6 Å². The van der Waals surface area contributed by atoms with Crippen molar-refractivity contribution < 1.29 is 14.3 Å². The molecule has 0 unspecified atom stereocenters. The normalized spacial score (nSPS) is 14.8. The van der Waals surface area contributed by atoms with Gasteiger partial charge in [0.1, 0.15) is 5.01 Å². The molecule has 0 fully saturated rings. The zero-order valence-corrected chi connectivity index (χ0v) is 15.4. The minimum absolute atomic E-state index is 0.0705. The van der Waals surface area contributed by atoms with Gasteiger partial charge in [-0.15, -0.1) is 11.3 Å². The van der Waals surface area contributed by atoms with Gasteiger partial charge in [0.15, 0.2) is 11.5 Å². The van der Waals surface area contributed by atoms with Gasteiger partial charge >= 0.3 is 0 Å². The Morgan fingerprint density at radius 3 is 3.15 bits per heavy atom. The van der Waals surface area contributed by atoms with Crippen molar-refractivity contribution in [3.8, 4) is 22.1 Å². The monoisotopic (exact) mass is 382 g/mol. The molecule has 8 heteroatoms. The Kier molecular flexibility index (Phi) is 4.05. The Labute approximate surface area is 159 Å². The van der Waals surface area contributed by atoms with Gasteiger partial charge in [-0.05, 0) is 37.5 Å². The van der Waals surface area contributed by atoms with Crippen LogP contribution < -0.4 is 14.8 Å². The van der Waals surface area contributed by atoms with Crippen LogP contribution in [0.15, 0.2) is 29.8 Å². The van der Waals surface area contributed by atoms with Crippen LogP contribution in [0.3, 0.4) is 0 Å². The first kappa shape index (κ1) is 16.3. The van der Waals surface area contributed by atoms with Crippen molar-refractivity contribution in [2.24, 2.45) is 0 Å². The number of aryl methyl sites for hydroxylation is 1. The Hall–Kier alpha value is -2.87. The molecule has 1 aromatic carbocycles. The van der Waals surface area contributed by atoms with E-state index in [9.17, 15) is 4.79 Å². The summed E-state index contributed by atoms with van der Waals surface area (Å²) in [7, 11) is 0. The van der Waals surface area contributed by atoms with E-state index in [1.165, 1.54) is 11.3 Å². The lowest BCUT2D eigenvalue weighted by molar-refractivity contribution is -0.115. The average molecular weight is 382 g/mol. The van der Waals surface area contributed by atoms with Gasteiger partial charge in [-0.25, -0.2) is 4.98 Å². The van der Waals surface area contributed by atoms with Crippen LogP contribution in [0.2, 0.25) is 0 Å². The predicted octanol–water partition coefficient (Wildman–Crippen LogP) is 3.25. The number of amides is 1. The molecule has 0 bridgehead atoms. The lowest BCUT2D eigenvalue weighted by Gasteiger charge is -2.14. The fourth-order valence-corrected chi connectivity index (χ4v) is 4.25. The number of carbonyl (C=O) groups excluding carboxylic acids is 1. The first-order chi connectivity index (χ1) is 13.3. The third-order valence-corrected chi connectivity index (χ3v) is 5.71. The van der Waals surface area contributed by atoms with Crippen LogP contribution >= 0.6 is 11.3 Å². The second-order valence-corrected chi connectivity index (χ2v) is 7.48. The molecule has 3 aromatic rings. The van der Waals surface area contributed by atoms with E-state index in [0.717, 1.165) is 65.0 Å². The molecule has 2 aliphatic heterocycles. The highest BCUT2D eigenvalue weighted by molar-refractivity contribution is 7.13. The van der Waals surface area contributed by atoms with Gasteiger partial charge in [-0.3, -0.25) is 9.48 Å². The molecule has 1 amide bonds. The highest BCUT2D eigenvalue weighted by Crippen LogP contribution is 2.36. The van der Waals surface area contributed by atoms with Gasteiger partial charge in [0, 0.05) is 17.5 Å². The Morgan fingerprint density at radius 2 is 2.19 bits per heavy atom. The van der Waals surface area contributed by atoms with E-state index < -0.39 is 0 Å². The molecule has 0 spiro atoms. The summed E-state index contributed by atoms with van der Waals surface area (Å²) in [6.07, 6.45) is 5.23. The molecular weight excluding hydrogens is 364 g/mol. The van der Waals surface area contributed by atoms with Gasteiger partial charge in [0.2, 0.25) is 12.7 Å². The average Bonchev–Trinajstić information content (AvgIpc) is 3.41. The largest absolute Gasteiger partial charge is 0.454 e. The maximum Gasteiger partial charge on any atom is 0.231 e. The third kappa shape index (κ3) is 3.16. The van der Waals surface area contributed by atoms with Crippen LogP contribution in [0, 0.1) is 0 Å². The second kappa shape index (κ2) is 6.70. The number of hydrogen-bond donors (Lipinski definition) is 1. The van der Waals surface area contributed by atoms with E-state index in [0.29, 0.717) is 0 Å². The van der Waals surface area contributed by atoms with Crippen LogP contribution in [0.4, 0.5) is 5.69 Å². The van der Waals surface area contributed by atoms with E-state index in [1.54, 1.807) is 6.20 Å². The van der Waals surface area contributed by atoms with Crippen molar-refractivity contribution in [1.82, 2.24) is 14.8 Å². The SMILES string of the molecule is O=C(Cc1csc(-c2ccc3c(c2)OCO3)n1)Nc1cnn2c1CCCC2. The number of rotatable bonds is 4. The van der Waals surface area contributed by atoms with E-state index in [2.05, 4.69) is 15.4 Å². The third-order valence-electron chi connectivity index (χ3n) is 4.77. The topological polar surface area (TPSA) is 78.3 Å². The Bertz CT molecular complexity index is 1010. The number of anilines is 1. The van der Waals surface area contributed by atoms with Crippen LogP contribution in [0.5, 0.6) is 11.5 Å². The quantitative estimate of drug-likeness (QED) is 0.749. The van der Waals surface area contributed by atoms with E-state index in [1.807, 2.05) is 28.3 Å². The Morgan fingerprint density at radius 1 is 1.26 bits per heavy atom. The number of carbonyl (C=O) groups is 1. The summed E-state index contributed by atoms with van der Waals surface area (Å²) in [5, 5.41) is 10.1. The molecule has 1 N–H and O–H groups in total. The molecule has 0 atom stereocenters. The van der Waals surface area contributed by atoms with E-state index >= 15 is 0 Å². The van der Waals surface area contributed by atoms with Crippen molar-refractivity contribution in [1.29, 1.82) is 0 Å². The number of aromatic nitrogens is 3. The second-order valence-electron chi connectivity index (χ2n) is 6.62. The lowest BCUT2D eigenvalue weighted by Crippen LogP contribution is -2.17. The first-order valence-electron chi connectivity index (χ1n) is 8.95. The molecule has 5 rings (SSSR count). The molecular formula is C19H18N4O3S. The van der Waals surface area contributed by atoms with Gasteiger partial charge in [0.05, 0.1) is 29.7 Å². The molecule has 138 valence electrons. The minimum atomic E-state index is -0.0705. The van der Waals surface area contributed by atoms with Gasteiger partial charge in [-0.1, -0.05) is 0 Å². The number of fused-ring (bicyclic) bond motifs is 2. The lowest BCUT2D eigenvalue weighted by atomic mass is 10.1. The summed E-state index contributed by atoms with van der Waals surface area (Å²) in [5.41, 5.74) is 3.66. The molecule has 7 nitrogen and oxygen atoms in total. The van der Waals surface area contributed by atoms with Gasteiger partial charge < -0.3 is 14.8 Å². The van der Waals surface area contributed by atoms with Crippen molar-refractivity contribution in [2.45, 2.75) is 32.2 Å². The summed E-state index contributed by atoms with van der Waals surface area (Å²) in [5.74, 6) is 1.41. The van der Waals surface area contributed by atoms with E-state index in [-0.39, 0.29) is 19.1 Å². The number of thiazole rings is 1. The number of nitrogens with one attached hydrogen (secondary N) is 1. The number of hydrogen-bond acceptors (Lipinski definition) is 6. The number of nitrogens with zero attached hydrogens (tertiary/aromatic N) is 3. The molecule has 0 saturated carbocycles. The maximum atomic E-state index is 12.4. The van der Waals surface area contributed by atoms with Crippen molar-refractivity contribution in [3.63, 3.8) is 0 Å². The molecule has 0 aliphatic carbocycles. The van der Waals surface area contributed by atoms with Crippen LogP contribution in [-0.2, 0) is 24.2 Å². The molecule has 0 saturated heterocycles. The summed E-state index contributed by atoms with van der Waals surface area (Å²) < 4.78 is 12.7. The van der Waals surface area contributed by atoms with Crippen LogP contribution in [-0.4, -0.2) is 27.5 Å². The molecule has 2 aromatic heterocycles. The fraction of sp³-hybridized carbons (Fsp3) is 0.316.